The summed E-state index contributed by atoms with van der Waals surface area (Å²) in [5.41, 5.74) is 14.8. The van der Waals surface area contributed by atoms with E-state index >= 15 is 0 Å². The zero-order valence-electron chi connectivity index (χ0n) is 25.0. The topological polar surface area (TPSA) is 17.8 Å². The van der Waals surface area contributed by atoms with E-state index in [4.69, 9.17) is 4.98 Å². The number of nitrogens with zero attached hydrogens (tertiary/aromatic N) is 2. The Morgan fingerprint density at radius 3 is 1.90 bits per heavy atom. The lowest BCUT2D eigenvalue weighted by Gasteiger charge is -2.18. The van der Waals surface area contributed by atoms with Crippen molar-refractivity contribution in [2.24, 2.45) is 0 Å². The van der Waals surface area contributed by atoms with Gasteiger partial charge in [-0.3, -0.25) is 4.57 Å². The molecule has 5 aromatic rings. The molecule has 0 aliphatic carbocycles. The van der Waals surface area contributed by atoms with Crippen LogP contribution in [0.15, 0.2) is 84.9 Å². The molecule has 2 nitrogen and oxygen atoms in total. The normalized spacial score (nSPS) is 11.2. The highest BCUT2D eigenvalue weighted by Gasteiger charge is 2.19. The minimum atomic E-state index is 0.996. The Morgan fingerprint density at radius 1 is 0.600 bits per heavy atom. The van der Waals surface area contributed by atoms with E-state index in [9.17, 15) is 0 Å². The number of aromatic nitrogens is 2. The summed E-state index contributed by atoms with van der Waals surface area (Å²) < 4.78 is 2.36. The highest BCUT2D eigenvalue weighted by Crippen LogP contribution is 2.34. The lowest BCUT2D eigenvalue weighted by atomic mass is 9.96. The number of unbranched alkanes of at least 4 members (excludes halogenated alkanes) is 3. The maximum absolute atomic E-state index is 5.08. The molecule has 1 aromatic heterocycles. The molecule has 5 rings (SSSR count). The predicted molar refractivity (Wildman–Crippen MR) is 171 cm³/mol. The molecule has 0 unspecified atom stereocenters. The molecule has 0 bridgehead atoms. The van der Waals surface area contributed by atoms with Crippen LogP contribution in [0.4, 0.5) is 0 Å². The summed E-state index contributed by atoms with van der Waals surface area (Å²) in [5, 5.41) is 0. The summed E-state index contributed by atoms with van der Waals surface area (Å²) >= 11 is 0. The van der Waals surface area contributed by atoms with Gasteiger partial charge >= 0.3 is 0 Å². The van der Waals surface area contributed by atoms with Gasteiger partial charge in [-0.2, -0.15) is 0 Å². The first kappa shape index (κ1) is 27.6. The van der Waals surface area contributed by atoms with Gasteiger partial charge in [-0.1, -0.05) is 98.5 Å². The maximum atomic E-state index is 5.08. The second-order valence-electron chi connectivity index (χ2n) is 11.4. The average molecular weight is 527 g/mol. The second kappa shape index (κ2) is 12.1. The molecule has 204 valence electrons. The quantitative estimate of drug-likeness (QED) is 0.175. The fraction of sp³-hybridized carbons (Fsp3) is 0.289. The molecule has 0 saturated heterocycles. The number of benzene rings is 4. The van der Waals surface area contributed by atoms with Crippen molar-refractivity contribution in [2.45, 2.75) is 73.6 Å². The first-order chi connectivity index (χ1) is 19.4. The lowest BCUT2D eigenvalue weighted by Crippen LogP contribution is -2.05. The molecule has 0 radical (unpaired) electrons. The minimum Gasteiger partial charge on any atom is -0.296 e. The van der Waals surface area contributed by atoms with Gasteiger partial charge in [0.05, 0.1) is 11.4 Å². The summed E-state index contributed by atoms with van der Waals surface area (Å²) in [7, 11) is 0. The Bertz CT molecular complexity index is 1580. The molecule has 0 N–H and O–H groups in total. The molecule has 0 saturated carbocycles. The van der Waals surface area contributed by atoms with Gasteiger partial charge < -0.3 is 0 Å². The van der Waals surface area contributed by atoms with Crippen molar-refractivity contribution < 1.29 is 0 Å². The predicted octanol–water partition coefficient (Wildman–Crippen LogP) is 10.5. The van der Waals surface area contributed by atoms with Gasteiger partial charge in [0.25, 0.3) is 0 Å². The summed E-state index contributed by atoms with van der Waals surface area (Å²) in [4.78, 5) is 5.08. The molecule has 1 heterocycles. The summed E-state index contributed by atoms with van der Waals surface area (Å²) in [6.45, 7) is 13.2. The van der Waals surface area contributed by atoms with Crippen molar-refractivity contribution in [2.75, 3.05) is 0 Å². The van der Waals surface area contributed by atoms with Crippen LogP contribution in [0.3, 0.4) is 0 Å². The largest absolute Gasteiger partial charge is 0.296 e. The maximum Gasteiger partial charge on any atom is 0.145 e. The fourth-order valence-corrected chi connectivity index (χ4v) is 5.76. The van der Waals surface area contributed by atoms with Gasteiger partial charge in [0, 0.05) is 11.3 Å². The Kier molecular flexibility index (Phi) is 8.35. The molecular weight excluding hydrogens is 484 g/mol. The lowest BCUT2D eigenvalue weighted by molar-refractivity contribution is 0.667. The summed E-state index contributed by atoms with van der Waals surface area (Å²) in [6, 6.07) is 31.4. The molecule has 40 heavy (non-hydrogen) atoms. The second-order valence-corrected chi connectivity index (χ2v) is 11.4. The van der Waals surface area contributed by atoms with Gasteiger partial charge in [0.1, 0.15) is 5.82 Å². The first-order valence-electron chi connectivity index (χ1n) is 14.8. The van der Waals surface area contributed by atoms with Crippen LogP contribution in [0.25, 0.3) is 39.3 Å². The molecule has 0 aliphatic heterocycles. The molecule has 0 atom stereocenters. The summed E-state index contributed by atoms with van der Waals surface area (Å²) in [5.74, 6) is 0.996. The smallest absolute Gasteiger partial charge is 0.145 e. The number of hydrogen-bond donors (Lipinski definition) is 0. The van der Waals surface area contributed by atoms with E-state index in [1.807, 2.05) is 0 Å². The van der Waals surface area contributed by atoms with Crippen molar-refractivity contribution >= 4 is 0 Å². The molecule has 4 aromatic carbocycles. The Hall–Kier alpha value is -3.91. The van der Waals surface area contributed by atoms with Crippen LogP contribution >= 0.6 is 0 Å². The third-order valence-corrected chi connectivity index (χ3v) is 8.17. The Morgan fingerprint density at radius 2 is 1.23 bits per heavy atom. The highest BCUT2D eigenvalue weighted by molar-refractivity contribution is 5.74. The highest BCUT2D eigenvalue weighted by atomic mass is 15.1. The van der Waals surface area contributed by atoms with Crippen LogP contribution in [0.1, 0.15) is 66.2 Å². The van der Waals surface area contributed by atoms with Gasteiger partial charge in [0.2, 0.25) is 0 Å². The molecular formula is C38H42N2. The van der Waals surface area contributed by atoms with E-state index in [-0.39, 0.29) is 0 Å². The van der Waals surface area contributed by atoms with E-state index in [1.54, 1.807) is 0 Å². The molecule has 2 heteroatoms. The molecule has 0 aliphatic rings. The van der Waals surface area contributed by atoms with Crippen LogP contribution in [-0.2, 0) is 6.42 Å². The van der Waals surface area contributed by atoms with Crippen LogP contribution in [0, 0.1) is 34.6 Å². The number of hydrogen-bond acceptors (Lipinski definition) is 1. The van der Waals surface area contributed by atoms with Crippen LogP contribution in [-0.4, -0.2) is 9.55 Å². The summed E-state index contributed by atoms with van der Waals surface area (Å²) in [6.07, 6.45) is 6.39. The molecule has 0 amide bonds. The van der Waals surface area contributed by atoms with Crippen molar-refractivity contribution in [3.05, 3.63) is 119 Å². The van der Waals surface area contributed by atoms with Gasteiger partial charge in [-0.05, 0) is 105 Å². The van der Waals surface area contributed by atoms with Crippen molar-refractivity contribution in [1.29, 1.82) is 0 Å². The minimum absolute atomic E-state index is 0.996. The average Bonchev–Trinajstić information content (AvgIpc) is 3.25. The third-order valence-electron chi connectivity index (χ3n) is 8.17. The van der Waals surface area contributed by atoms with Crippen molar-refractivity contribution in [3.8, 4) is 39.3 Å². The zero-order chi connectivity index (χ0) is 28.2. The fourth-order valence-electron chi connectivity index (χ4n) is 5.76. The Labute approximate surface area is 240 Å². The first-order valence-corrected chi connectivity index (χ1v) is 14.8. The number of aryl methyl sites for hydroxylation is 5. The molecule has 0 spiro atoms. The van der Waals surface area contributed by atoms with Crippen LogP contribution < -0.4 is 0 Å². The van der Waals surface area contributed by atoms with E-state index in [0.717, 1.165) is 17.1 Å². The number of rotatable bonds is 9. The van der Waals surface area contributed by atoms with Crippen molar-refractivity contribution in [1.82, 2.24) is 9.55 Å². The van der Waals surface area contributed by atoms with E-state index in [1.165, 1.54) is 88.0 Å². The van der Waals surface area contributed by atoms with Crippen molar-refractivity contribution in [3.63, 3.8) is 0 Å². The molecule has 0 fully saturated rings. The van der Waals surface area contributed by atoms with Gasteiger partial charge in [-0.15, -0.1) is 0 Å². The van der Waals surface area contributed by atoms with E-state index < -0.39 is 0 Å². The van der Waals surface area contributed by atoms with Gasteiger partial charge in [-0.25, -0.2) is 4.98 Å². The van der Waals surface area contributed by atoms with Crippen LogP contribution in [0.2, 0.25) is 0 Å². The van der Waals surface area contributed by atoms with Crippen LogP contribution in [0.5, 0.6) is 0 Å². The van der Waals surface area contributed by atoms with E-state index in [2.05, 4.69) is 131 Å². The zero-order valence-corrected chi connectivity index (χ0v) is 25.0. The SMILES string of the molecule is CCCCCCc1ccc(-c2cc(C)c(-n3c(-c4cccc(-c5ccc(C)cc5)c4)nc(C)c3C)c(C)c2)cc1. The monoisotopic (exact) mass is 526 g/mol. The van der Waals surface area contributed by atoms with E-state index in [0.29, 0.717) is 0 Å². The Balaban J connectivity index is 1.49. The van der Waals surface area contributed by atoms with Gasteiger partial charge in [0.15, 0.2) is 0 Å². The third kappa shape index (κ3) is 5.82. The standard InChI is InChI=1S/C38H42N2/c1-7-8-9-10-12-31-17-21-33(22-18-31)36-23-27(3)37(28(4)24-36)40-30(6)29(5)39-38(40)35-14-11-13-34(25-35)32-19-15-26(2)16-20-32/h11,13-25H,7-10,12H2,1-6H3. The number of imidazole rings is 1.